The first-order valence-electron chi connectivity index (χ1n) is 8.35. The fourth-order valence-corrected chi connectivity index (χ4v) is 6.14. The Bertz CT molecular complexity index is 794. The molecule has 2 aliphatic heterocycles. The summed E-state index contributed by atoms with van der Waals surface area (Å²) in [7, 11) is -2.16. The molecule has 2 aliphatic rings. The normalized spacial score (nSPS) is 34.3. The van der Waals surface area contributed by atoms with E-state index in [4.69, 9.17) is 21.5 Å². The first-order chi connectivity index (χ1) is 12.0. The van der Waals surface area contributed by atoms with Crippen molar-refractivity contribution >= 4 is 33.4 Å². The maximum Gasteiger partial charge on any atom is 0.239 e. The summed E-state index contributed by atoms with van der Waals surface area (Å²) in [5, 5.41) is 16.6. The van der Waals surface area contributed by atoms with Gasteiger partial charge in [-0.25, -0.2) is 18.5 Å². The van der Waals surface area contributed by atoms with Crippen molar-refractivity contribution in [2.24, 2.45) is 5.14 Å². The van der Waals surface area contributed by atoms with Gasteiger partial charge in [0.25, 0.3) is 0 Å². The molecule has 3 rings (SSSR count). The molecule has 4 atom stereocenters. The molecule has 2 fully saturated rings. The summed E-state index contributed by atoms with van der Waals surface area (Å²) in [6.07, 6.45) is 1.07. The zero-order valence-corrected chi connectivity index (χ0v) is 17.3. The van der Waals surface area contributed by atoms with Gasteiger partial charge in [0, 0.05) is 17.9 Å². The number of rotatable bonds is 3. The highest BCUT2D eigenvalue weighted by molar-refractivity contribution is 8.00. The average Bonchev–Trinajstić information content (AvgIpc) is 2.84. The van der Waals surface area contributed by atoms with Crippen molar-refractivity contribution in [3.05, 3.63) is 28.8 Å². The third kappa shape index (κ3) is 3.64. The Balaban J connectivity index is 1.90. The SMILES string of the molecule is CC1CCN(C2SCC(O)(c3ccc(Cl)c(S(N)(=O)=O)c3)N2C)C(C)O1. The number of nitrogens with zero attached hydrogens (tertiary/aromatic N) is 2. The van der Waals surface area contributed by atoms with Crippen molar-refractivity contribution in [1.82, 2.24) is 9.80 Å². The molecule has 0 radical (unpaired) electrons. The van der Waals surface area contributed by atoms with Crippen LogP contribution in [0.15, 0.2) is 23.1 Å². The molecule has 0 saturated carbocycles. The first kappa shape index (κ1) is 20.3. The van der Waals surface area contributed by atoms with E-state index in [0.717, 1.165) is 13.0 Å². The average molecular weight is 422 g/mol. The predicted octanol–water partition coefficient (Wildman–Crippen LogP) is 1.55. The van der Waals surface area contributed by atoms with Gasteiger partial charge < -0.3 is 9.84 Å². The summed E-state index contributed by atoms with van der Waals surface area (Å²) in [6.45, 7) is 4.92. The van der Waals surface area contributed by atoms with Crippen molar-refractivity contribution in [3.63, 3.8) is 0 Å². The topological polar surface area (TPSA) is 96.1 Å². The molecule has 0 amide bonds. The standard InChI is InChI=1S/C16H24ClN3O4S2/c1-10-6-7-20(11(2)24-10)15-19(3)16(21,9-25-15)12-4-5-13(17)14(8-12)26(18,22)23/h4-5,8,10-11,15,21H,6-7,9H2,1-3H3,(H2,18,22,23). The van der Waals surface area contributed by atoms with Gasteiger partial charge in [-0.1, -0.05) is 17.7 Å². The lowest BCUT2D eigenvalue weighted by atomic mass is 10.0. The number of hydrogen-bond donors (Lipinski definition) is 2. The number of nitrogens with two attached hydrogens (primary N) is 1. The maximum absolute atomic E-state index is 11.8. The second-order valence-electron chi connectivity index (χ2n) is 6.83. The zero-order chi connectivity index (χ0) is 19.3. The number of aliphatic hydroxyl groups is 1. The van der Waals surface area contributed by atoms with E-state index in [1.54, 1.807) is 17.8 Å². The van der Waals surface area contributed by atoms with Crippen LogP contribution < -0.4 is 5.14 Å². The molecule has 2 heterocycles. The molecular weight excluding hydrogens is 398 g/mol. The summed E-state index contributed by atoms with van der Waals surface area (Å²) in [5.41, 5.74) is -0.971. The van der Waals surface area contributed by atoms with E-state index in [0.29, 0.717) is 11.3 Å². The van der Waals surface area contributed by atoms with Crippen LogP contribution in [0, 0.1) is 0 Å². The molecule has 146 valence electrons. The summed E-state index contributed by atoms with van der Waals surface area (Å²) in [4.78, 5) is 3.85. The molecule has 3 N–H and O–H groups in total. The predicted molar refractivity (Wildman–Crippen MR) is 102 cm³/mol. The van der Waals surface area contributed by atoms with Crippen LogP contribution in [0.3, 0.4) is 0 Å². The van der Waals surface area contributed by atoms with Gasteiger partial charge in [0.1, 0.15) is 16.6 Å². The number of sulfonamides is 1. The van der Waals surface area contributed by atoms with Crippen LogP contribution in [-0.2, 0) is 20.5 Å². The van der Waals surface area contributed by atoms with Crippen molar-refractivity contribution in [1.29, 1.82) is 0 Å². The van der Waals surface area contributed by atoms with Crippen LogP contribution in [0.1, 0.15) is 25.8 Å². The van der Waals surface area contributed by atoms with Crippen LogP contribution in [0.4, 0.5) is 0 Å². The minimum Gasteiger partial charge on any atom is -0.370 e. The summed E-state index contributed by atoms with van der Waals surface area (Å²) in [5.74, 6) is 0.388. The molecule has 26 heavy (non-hydrogen) atoms. The Hall–Kier alpha value is -0.390. The van der Waals surface area contributed by atoms with Gasteiger partial charge in [-0.2, -0.15) is 0 Å². The molecular formula is C16H24ClN3O4S2. The largest absolute Gasteiger partial charge is 0.370 e. The van der Waals surface area contributed by atoms with E-state index < -0.39 is 15.7 Å². The molecule has 0 aliphatic carbocycles. The van der Waals surface area contributed by atoms with Gasteiger partial charge >= 0.3 is 0 Å². The van der Waals surface area contributed by atoms with Gasteiger partial charge in [0.2, 0.25) is 10.0 Å². The van der Waals surface area contributed by atoms with Gasteiger partial charge in [-0.05, 0) is 39.4 Å². The summed E-state index contributed by atoms with van der Waals surface area (Å²) in [6, 6.07) is 4.44. The Kier molecular flexibility index (Phi) is 5.64. The van der Waals surface area contributed by atoms with E-state index in [1.807, 2.05) is 18.9 Å². The Morgan fingerprint density at radius 1 is 1.42 bits per heavy atom. The molecule has 2 saturated heterocycles. The van der Waals surface area contributed by atoms with Gasteiger partial charge in [-0.3, -0.25) is 4.90 Å². The fourth-order valence-electron chi connectivity index (χ4n) is 3.45. The second kappa shape index (κ2) is 7.21. The number of primary sulfonamides is 1. The Labute approximate surface area is 163 Å². The van der Waals surface area contributed by atoms with E-state index in [2.05, 4.69) is 11.8 Å². The monoisotopic (exact) mass is 421 g/mol. The number of ether oxygens (including phenoxy) is 1. The minimum atomic E-state index is -3.98. The number of benzene rings is 1. The number of thioether (sulfide) groups is 1. The molecule has 0 spiro atoms. The summed E-state index contributed by atoms with van der Waals surface area (Å²) >= 11 is 7.56. The van der Waals surface area contributed by atoms with E-state index >= 15 is 0 Å². The highest BCUT2D eigenvalue weighted by Gasteiger charge is 2.48. The zero-order valence-electron chi connectivity index (χ0n) is 14.9. The molecule has 4 unspecified atom stereocenters. The minimum absolute atomic E-state index is 0.0387. The van der Waals surface area contributed by atoms with Crippen LogP contribution >= 0.6 is 23.4 Å². The molecule has 10 heteroatoms. The summed E-state index contributed by atoms with van der Waals surface area (Å²) < 4.78 is 29.4. The van der Waals surface area contributed by atoms with Crippen LogP contribution in [-0.4, -0.2) is 60.5 Å². The molecule has 7 nitrogen and oxygen atoms in total. The van der Waals surface area contributed by atoms with Crippen LogP contribution in [0.25, 0.3) is 0 Å². The molecule has 1 aromatic rings. The van der Waals surface area contributed by atoms with Crippen molar-refractivity contribution in [2.75, 3.05) is 19.3 Å². The lowest BCUT2D eigenvalue weighted by Crippen LogP contribution is -2.55. The highest BCUT2D eigenvalue weighted by Crippen LogP contribution is 2.44. The van der Waals surface area contributed by atoms with E-state index in [-0.39, 0.29) is 27.7 Å². The second-order valence-corrected chi connectivity index (χ2v) is 9.81. The third-order valence-electron chi connectivity index (χ3n) is 5.02. The maximum atomic E-state index is 11.8. The number of halogens is 1. The van der Waals surface area contributed by atoms with Gasteiger partial charge in [0.05, 0.1) is 11.1 Å². The van der Waals surface area contributed by atoms with E-state index in [1.165, 1.54) is 12.1 Å². The van der Waals surface area contributed by atoms with Gasteiger partial charge in [-0.15, -0.1) is 11.8 Å². The lowest BCUT2D eigenvalue weighted by molar-refractivity contribution is -0.170. The van der Waals surface area contributed by atoms with E-state index in [9.17, 15) is 13.5 Å². The van der Waals surface area contributed by atoms with Crippen molar-refractivity contribution < 1.29 is 18.3 Å². The van der Waals surface area contributed by atoms with Gasteiger partial charge in [0.15, 0.2) is 5.72 Å². The smallest absolute Gasteiger partial charge is 0.239 e. The number of hydrogen-bond acceptors (Lipinski definition) is 7. The van der Waals surface area contributed by atoms with Crippen LogP contribution in [0.5, 0.6) is 0 Å². The highest BCUT2D eigenvalue weighted by atomic mass is 35.5. The van der Waals surface area contributed by atoms with Crippen LogP contribution in [0.2, 0.25) is 5.02 Å². The van der Waals surface area contributed by atoms with Crippen molar-refractivity contribution in [2.45, 2.75) is 48.7 Å². The molecule has 0 bridgehead atoms. The first-order valence-corrected chi connectivity index (χ1v) is 11.3. The lowest BCUT2D eigenvalue weighted by Gasteiger charge is -2.43. The Morgan fingerprint density at radius 3 is 2.73 bits per heavy atom. The Morgan fingerprint density at radius 2 is 2.12 bits per heavy atom. The van der Waals surface area contributed by atoms with Crippen molar-refractivity contribution in [3.8, 4) is 0 Å². The molecule has 0 aromatic heterocycles. The fraction of sp³-hybridized carbons (Fsp3) is 0.625. The quantitative estimate of drug-likeness (QED) is 0.764. The molecule has 1 aromatic carbocycles. The third-order valence-corrected chi connectivity index (χ3v) is 7.87.